The van der Waals surface area contributed by atoms with E-state index in [1.54, 1.807) is 39.0 Å². The zero-order valence-electron chi connectivity index (χ0n) is 14.3. The van der Waals surface area contributed by atoms with Crippen molar-refractivity contribution in [2.24, 2.45) is 5.92 Å². The van der Waals surface area contributed by atoms with Crippen molar-refractivity contribution >= 4 is 21.9 Å². The summed E-state index contributed by atoms with van der Waals surface area (Å²) in [6.07, 6.45) is -0.244. The molecule has 24 heavy (non-hydrogen) atoms. The van der Waals surface area contributed by atoms with Gasteiger partial charge in [-0.3, -0.25) is 9.59 Å². The lowest BCUT2D eigenvalue weighted by atomic mass is 9.85. The fourth-order valence-corrected chi connectivity index (χ4v) is 3.27. The molecular weight excluding hydrogens is 332 g/mol. The maximum absolute atomic E-state index is 12.4. The summed E-state index contributed by atoms with van der Waals surface area (Å²) in [5.74, 6) is -1.71. The number of hydrogen-bond donors (Lipinski definition) is 2. The van der Waals surface area contributed by atoms with Crippen molar-refractivity contribution in [1.29, 1.82) is 0 Å². The van der Waals surface area contributed by atoms with Gasteiger partial charge in [-0.1, -0.05) is 32.0 Å². The van der Waals surface area contributed by atoms with Gasteiger partial charge in [0.2, 0.25) is 15.9 Å². The average Bonchev–Trinajstić information content (AvgIpc) is 2.46. The van der Waals surface area contributed by atoms with Crippen molar-refractivity contribution < 1.29 is 23.1 Å². The van der Waals surface area contributed by atoms with Crippen LogP contribution in [-0.2, 0) is 19.6 Å². The molecule has 1 aromatic rings. The molecule has 2 N–H and O–H groups in total. The van der Waals surface area contributed by atoms with Crippen molar-refractivity contribution in [2.75, 3.05) is 13.6 Å². The predicted octanol–water partition coefficient (Wildman–Crippen LogP) is 1.31. The Balaban J connectivity index is 2.85. The summed E-state index contributed by atoms with van der Waals surface area (Å²) >= 11 is 0. The number of aliphatic carboxylic acids is 1. The number of carbonyl (C=O) groups is 2. The first kappa shape index (κ1) is 20.1. The predicted molar refractivity (Wildman–Crippen MR) is 89.9 cm³/mol. The minimum atomic E-state index is -3.78. The van der Waals surface area contributed by atoms with Crippen molar-refractivity contribution in [2.45, 2.75) is 37.6 Å². The van der Waals surface area contributed by atoms with Gasteiger partial charge in [0.1, 0.15) is 0 Å². The van der Waals surface area contributed by atoms with E-state index in [9.17, 15) is 18.0 Å². The largest absolute Gasteiger partial charge is 0.481 e. The highest BCUT2D eigenvalue weighted by Gasteiger charge is 2.34. The molecule has 0 aliphatic heterocycles. The molecule has 0 saturated carbocycles. The number of carboxylic acids is 1. The van der Waals surface area contributed by atoms with Crippen LogP contribution in [0.5, 0.6) is 0 Å². The van der Waals surface area contributed by atoms with Crippen molar-refractivity contribution in [3.63, 3.8) is 0 Å². The Labute approximate surface area is 142 Å². The second-order valence-corrected chi connectivity index (χ2v) is 8.31. The molecule has 1 rings (SSSR count). The summed E-state index contributed by atoms with van der Waals surface area (Å²) in [5, 5.41) is 11.7. The molecule has 0 spiro atoms. The minimum Gasteiger partial charge on any atom is -0.481 e. The van der Waals surface area contributed by atoms with E-state index in [-0.39, 0.29) is 23.8 Å². The molecule has 0 aliphatic carbocycles. The van der Waals surface area contributed by atoms with E-state index in [4.69, 9.17) is 5.11 Å². The fraction of sp³-hybridized carbons (Fsp3) is 0.500. The van der Waals surface area contributed by atoms with Gasteiger partial charge in [-0.2, -0.15) is 4.31 Å². The van der Waals surface area contributed by atoms with Crippen LogP contribution in [0.25, 0.3) is 0 Å². The highest BCUT2D eigenvalue weighted by Crippen LogP contribution is 2.21. The Morgan fingerprint density at radius 3 is 2.25 bits per heavy atom. The molecule has 8 heteroatoms. The first-order valence-corrected chi connectivity index (χ1v) is 8.97. The van der Waals surface area contributed by atoms with Gasteiger partial charge in [-0.15, -0.1) is 0 Å². The third kappa shape index (κ3) is 5.04. The molecule has 0 fully saturated rings. The molecule has 1 amide bonds. The number of nitrogens with one attached hydrogen (secondary N) is 1. The zero-order valence-corrected chi connectivity index (χ0v) is 15.1. The lowest BCUT2D eigenvalue weighted by Crippen LogP contribution is -2.53. The SMILES string of the molecule is CC(C)C(C)(CC(=O)O)NC(=O)CN(C)S(=O)(=O)c1ccccc1. The van der Waals surface area contributed by atoms with Crippen molar-refractivity contribution in [3.05, 3.63) is 30.3 Å². The molecule has 0 aliphatic rings. The molecule has 0 aromatic heterocycles. The van der Waals surface area contributed by atoms with E-state index in [2.05, 4.69) is 5.32 Å². The van der Waals surface area contributed by atoms with Crippen LogP contribution in [0, 0.1) is 5.92 Å². The molecule has 1 unspecified atom stereocenters. The average molecular weight is 356 g/mol. The smallest absolute Gasteiger partial charge is 0.305 e. The summed E-state index contributed by atoms with van der Waals surface area (Å²) < 4.78 is 25.7. The van der Waals surface area contributed by atoms with Crippen LogP contribution in [-0.4, -0.2) is 48.8 Å². The molecule has 1 aromatic carbocycles. The summed E-state index contributed by atoms with van der Waals surface area (Å²) in [7, 11) is -2.47. The fourth-order valence-electron chi connectivity index (χ4n) is 2.12. The Morgan fingerprint density at radius 2 is 1.79 bits per heavy atom. The number of carbonyl (C=O) groups excluding carboxylic acids is 1. The number of amides is 1. The normalized spacial score (nSPS) is 14.4. The lowest BCUT2D eigenvalue weighted by Gasteiger charge is -2.34. The van der Waals surface area contributed by atoms with Gasteiger partial charge in [-0.25, -0.2) is 8.42 Å². The topological polar surface area (TPSA) is 104 Å². The zero-order chi connectivity index (χ0) is 18.5. The third-order valence-electron chi connectivity index (χ3n) is 4.04. The van der Waals surface area contributed by atoms with Crippen molar-refractivity contribution in [3.8, 4) is 0 Å². The minimum absolute atomic E-state index is 0.0949. The van der Waals surface area contributed by atoms with E-state index in [0.717, 1.165) is 4.31 Å². The van der Waals surface area contributed by atoms with Crippen LogP contribution in [0.1, 0.15) is 27.2 Å². The van der Waals surface area contributed by atoms with Crippen LogP contribution in [0.2, 0.25) is 0 Å². The van der Waals surface area contributed by atoms with Gasteiger partial charge < -0.3 is 10.4 Å². The molecule has 0 saturated heterocycles. The van der Waals surface area contributed by atoms with Gasteiger partial charge in [0, 0.05) is 12.6 Å². The quantitative estimate of drug-likeness (QED) is 0.731. The third-order valence-corrected chi connectivity index (χ3v) is 5.85. The maximum Gasteiger partial charge on any atom is 0.305 e. The number of benzene rings is 1. The molecule has 7 nitrogen and oxygen atoms in total. The number of rotatable bonds is 8. The molecule has 1 atom stereocenters. The Hall–Kier alpha value is -1.93. The summed E-state index contributed by atoms with van der Waals surface area (Å²) in [6, 6.07) is 7.80. The van der Waals surface area contributed by atoms with Crippen LogP contribution in [0.15, 0.2) is 35.2 Å². The summed E-state index contributed by atoms with van der Waals surface area (Å²) in [5.41, 5.74) is -0.958. The Morgan fingerprint density at radius 1 is 1.25 bits per heavy atom. The van der Waals surface area contributed by atoms with Crippen LogP contribution < -0.4 is 5.32 Å². The standard InChI is InChI=1S/C16H24N2O5S/c1-12(2)16(3,10-15(20)21)17-14(19)11-18(4)24(22,23)13-8-6-5-7-9-13/h5-9,12H,10-11H2,1-4H3,(H,17,19)(H,20,21). The first-order chi connectivity index (χ1) is 11.0. The lowest BCUT2D eigenvalue weighted by molar-refractivity contribution is -0.139. The molecule has 0 bridgehead atoms. The summed E-state index contributed by atoms with van der Waals surface area (Å²) in [4.78, 5) is 23.3. The van der Waals surface area contributed by atoms with E-state index in [1.807, 2.05) is 0 Å². The van der Waals surface area contributed by atoms with Crippen LogP contribution in [0.4, 0.5) is 0 Å². The molecule has 134 valence electrons. The van der Waals surface area contributed by atoms with E-state index < -0.39 is 27.4 Å². The van der Waals surface area contributed by atoms with Crippen LogP contribution in [0.3, 0.4) is 0 Å². The van der Waals surface area contributed by atoms with Gasteiger partial charge in [0.05, 0.1) is 17.9 Å². The molecular formula is C16H24N2O5S. The first-order valence-electron chi connectivity index (χ1n) is 7.53. The maximum atomic E-state index is 12.4. The second kappa shape index (κ2) is 7.76. The number of hydrogen-bond acceptors (Lipinski definition) is 4. The van der Waals surface area contributed by atoms with E-state index >= 15 is 0 Å². The monoisotopic (exact) mass is 356 g/mol. The van der Waals surface area contributed by atoms with Gasteiger partial charge >= 0.3 is 5.97 Å². The van der Waals surface area contributed by atoms with E-state index in [0.29, 0.717) is 0 Å². The van der Waals surface area contributed by atoms with Gasteiger partial charge in [0.25, 0.3) is 0 Å². The Kier molecular flexibility index (Phi) is 6.50. The highest BCUT2D eigenvalue weighted by molar-refractivity contribution is 7.89. The molecule has 0 heterocycles. The number of nitrogens with zero attached hydrogens (tertiary/aromatic N) is 1. The van der Waals surface area contributed by atoms with Gasteiger partial charge in [-0.05, 0) is 25.0 Å². The van der Waals surface area contributed by atoms with Gasteiger partial charge in [0.15, 0.2) is 0 Å². The van der Waals surface area contributed by atoms with Crippen molar-refractivity contribution in [1.82, 2.24) is 9.62 Å². The Bertz CT molecular complexity index is 688. The van der Waals surface area contributed by atoms with E-state index in [1.165, 1.54) is 19.2 Å². The number of carboxylic acid groups (broad SMARTS) is 1. The highest BCUT2D eigenvalue weighted by atomic mass is 32.2. The van der Waals surface area contributed by atoms with Crippen LogP contribution >= 0.6 is 0 Å². The number of likely N-dealkylation sites (N-methyl/N-ethyl adjacent to an activating group) is 1. The molecule has 0 radical (unpaired) electrons. The second-order valence-electron chi connectivity index (χ2n) is 6.26. The summed E-state index contributed by atoms with van der Waals surface area (Å²) in [6.45, 7) is 4.84. The number of sulfonamides is 1.